The third-order valence-electron chi connectivity index (χ3n) is 5.09. The van der Waals surface area contributed by atoms with Crippen LogP contribution in [0.4, 0.5) is 5.69 Å². The quantitative estimate of drug-likeness (QED) is 0.316. The summed E-state index contributed by atoms with van der Waals surface area (Å²) >= 11 is 0. The zero-order valence-electron chi connectivity index (χ0n) is 18.5. The second-order valence-electron chi connectivity index (χ2n) is 7.39. The number of nitrogens with one attached hydrogen (secondary N) is 2. The van der Waals surface area contributed by atoms with Crippen molar-refractivity contribution in [1.82, 2.24) is 5.43 Å². The van der Waals surface area contributed by atoms with E-state index in [-0.39, 0.29) is 18.2 Å². The van der Waals surface area contributed by atoms with E-state index in [1.165, 1.54) is 0 Å². The van der Waals surface area contributed by atoms with Crippen LogP contribution in [0.3, 0.4) is 0 Å². The second kappa shape index (κ2) is 9.44. The molecule has 0 saturated carbocycles. The number of rotatable bonds is 7. The molecule has 0 saturated heterocycles. The first-order valence-corrected chi connectivity index (χ1v) is 10.2. The number of methoxy groups -OCH3 is 2. The number of hydrazone groups is 1. The maximum absolute atomic E-state index is 12.6. The molecule has 0 radical (unpaired) electrons. The van der Waals surface area contributed by atoms with Gasteiger partial charge < -0.3 is 19.2 Å². The van der Waals surface area contributed by atoms with Crippen molar-refractivity contribution >= 4 is 45.2 Å². The summed E-state index contributed by atoms with van der Waals surface area (Å²) < 4.78 is 16.4. The topological polar surface area (TPSA) is 102 Å². The lowest BCUT2D eigenvalue weighted by molar-refractivity contribution is -0.115. The molecule has 2 amide bonds. The van der Waals surface area contributed by atoms with Crippen molar-refractivity contribution in [3.05, 3.63) is 66.2 Å². The van der Waals surface area contributed by atoms with Crippen molar-refractivity contribution in [3.8, 4) is 11.5 Å². The Morgan fingerprint density at radius 3 is 2.42 bits per heavy atom. The Morgan fingerprint density at radius 1 is 0.939 bits per heavy atom. The first-order valence-electron chi connectivity index (χ1n) is 10.2. The van der Waals surface area contributed by atoms with Crippen LogP contribution < -0.4 is 20.2 Å². The van der Waals surface area contributed by atoms with Gasteiger partial charge in [-0.2, -0.15) is 5.10 Å². The average molecular weight is 445 g/mol. The van der Waals surface area contributed by atoms with Crippen LogP contribution in [0.5, 0.6) is 11.5 Å². The molecule has 2 N–H and O–H groups in total. The number of hydrogen-bond donors (Lipinski definition) is 2. The average Bonchev–Trinajstić information content (AvgIpc) is 3.19. The van der Waals surface area contributed by atoms with Crippen LogP contribution in [0.25, 0.3) is 21.9 Å². The van der Waals surface area contributed by atoms with E-state index >= 15 is 0 Å². The van der Waals surface area contributed by atoms with Gasteiger partial charge in [0, 0.05) is 28.1 Å². The SMILES string of the molecule is COc1ccc(C(=O)N/N=C(/C)CC(=O)Nc2cc3oc4ccccc4c3cc2OC)cc1. The molecule has 0 aliphatic heterocycles. The predicted octanol–water partition coefficient (Wildman–Crippen LogP) is 4.74. The third kappa shape index (κ3) is 4.79. The fourth-order valence-electron chi connectivity index (χ4n) is 3.44. The van der Waals surface area contributed by atoms with Gasteiger partial charge in [0.15, 0.2) is 0 Å². The number of fused-ring (bicyclic) bond motifs is 3. The molecule has 0 spiro atoms. The third-order valence-corrected chi connectivity index (χ3v) is 5.09. The molecule has 0 unspecified atom stereocenters. The van der Waals surface area contributed by atoms with Crippen molar-refractivity contribution in [3.63, 3.8) is 0 Å². The molecular weight excluding hydrogens is 422 g/mol. The van der Waals surface area contributed by atoms with Crippen LogP contribution >= 0.6 is 0 Å². The highest BCUT2D eigenvalue weighted by molar-refractivity contribution is 6.10. The Balaban J connectivity index is 1.44. The number of furan rings is 1. The van der Waals surface area contributed by atoms with Gasteiger partial charge in [-0.3, -0.25) is 9.59 Å². The van der Waals surface area contributed by atoms with Crippen molar-refractivity contribution in [1.29, 1.82) is 0 Å². The Hall–Kier alpha value is -4.33. The van der Waals surface area contributed by atoms with Crippen molar-refractivity contribution in [2.24, 2.45) is 5.10 Å². The van der Waals surface area contributed by atoms with Crippen molar-refractivity contribution < 1.29 is 23.5 Å². The van der Waals surface area contributed by atoms with Gasteiger partial charge in [0.2, 0.25) is 5.91 Å². The minimum atomic E-state index is -0.380. The highest BCUT2D eigenvalue weighted by atomic mass is 16.5. The Labute approximate surface area is 190 Å². The summed E-state index contributed by atoms with van der Waals surface area (Å²) in [6.45, 7) is 1.66. The van der Waals surface area contributed by atoms with E-state index in [4.69, 9.17) is 13.9 Å². The number of ether oxygens (including phenoxy) is 2. The Bertz CT molecular complexity index is 1360. The molecule has 0 bridgehead atoms. The smallest absolute Gasteiger partial charge is 0.271 e. The van der Waals surface area contributed by atoms with E-state index < -0.39 is 0 Å². The van der Waals surface area contributed by atoms with Gasteiger partial charge in [0.05, 0.1) is 26.3 Å². The van der Waals surface area contributed by atoms with Crippen LogP contribution in [0.2, 0.25) is 0 Å². The number of hydrogen-bond acceptors (Lipinski definition) is 6. The molecule has 8 heteroatoms. The number of para-hydroxylation sites is 1. The molecule has 3 aromatic carbocycles. The molecule has 0 fully saturated rings. The summed E-state index contributed by atoms with van der Waals surface area (Å²) in [5.74, 6) is 0.488. The number of benzene rings is 3. The highest BCUT2D eigenvalue weighted by Crippen LogP contribution is 2.36. The highest BCUT2D eigenvalue weighted by Gasteiger charge is 2.15. The molecular formula is C25H23N3O5. The maximum Gasteiger partial charge on any atom is 0.271 e. The van der Waals surface area contributed by atoms with Gasteiger partial charge in [-0.1, -0.05) is 18.2 Å². The molecule has 4 aromatic rings. The van der Waals surface area contributed by atoms with E-state index in [9.17, 15) is 9.59 Å². The van der Waals surface area contributed by atoms with Crippen molar-refractivity contribution in [2.75, 3.05) is 19.5 Å². The first kappa shape index (κ1) is 21.9. The Kier molecular flexibility index (Phi) is 6.26. The zero-order chi connectivity index (χ0) is 23.4. The van der Waals surface area contributed by atoms with Crippen LogP contribution in [0.15, 0.2) is 70.2 Å². The number of carbonyl (C=O) groups excluding carboxylic acids is 2. The minimum Gasteiger partial charge on any atom is -0.497 e. The zero-order valence-corrected chi connectivity index (χ0v) is 18.5. The van der Waals surface area contributed by atoms with Gasteiger partial charge in [0.25, 0.3) is 5.91 Å². The van der Waals surface area contributed by atoms with E-state index in [2.05, 4.69) is 15.8 Å². The van der Waals surface area contributed by atoms with E-state index in [1.54, 1.807) is 51.5 Å². The summed E-state index contributed by atoms with van der Waals surface area (Å²) in [5, 5.41) is 8.72. The lowest BCUT2D eigenvalue weighted by Gasteiger charge is -2.10. The van der Waals surface area contributed by atoms with Gasteiger partial charge in [-0.15, -0.1) is 0 Å². The predicted molar refractivity (Wildman–Crippen MR) is 127 cm³/mol. The molecule has 8 nitrogen and oxygen atoms in total. The van der Waals surface area contributed by atoms with E-state index in [0.29, 0.717) is 34.0 Å². The number of carbonyl (C=O) groups is 2. The molecule has 0 aliphatic carbocycles. The van der Waals surface area contributed by atoms with E-state index in [0.717, 1.165) is 16.4 Å². The Morgan fingerprint density at radius 2 is 1.70 bits per heavy atom. The summed E-state index contributed by atoms with van der Waals surface area (Å²) in [6.07, 6.45) is -0.00971. The monoisotopic (exact) mass is 445 g/mol. The van der Waals surface area contributed by atoms with Gasteiger partial charge in [-0.05, 0) is 43.3 Å². The van der Waals surface area contributed by atoms with Gasteiger partial charge >= 0.3 is 0 Å². The van der Waals surface area contributed by atoms with Crippen LogP contribution in [0, 0.1) is 0 Å². The normalized spacial score (nSPS) is 11.4. The summed E-state index contributed by atoms with van der Waals surface area (Å²) in [5.41, 5.74) is 5.22. The molecule has 1 aromatic heterocycles. The molecule has 168 valence electrons. The summed E-state index contributed by atoms with van der Waals surface area (Å²) in [4.78, 5) is 24.8. The molecule has 0 atom stereocenters. The number of amides is 2. The van der Waals surface area contributed by atoms with Crippen molar-refractivity contribution in [2.45, 2.75) is 13.3 Å². The lowest BCUT2D eigenvalue weighted by Crippen LogP contribution is -2.21. The second-order valence-corrected chi connectivity index (χ2v) is 7.39. The lowest BCUT2D eigenvalue weighted by atomic mass is 10.1. The van der Waals surface area contributed by atoms with Gasteiger partial charge in [-0.25, -0.2) is 5.43 Å². The van der Waals surface area contributed by atoms with E-state index in [1.807, 2.05) is 30.3 Å². The first-order chi connectivity index (χ1) is 16.0. The van der Waals surface area contributed by atoms with Crippen LogP contribution in [0.1, 0.15) is 23.7 Å². The molecule has 4 rings (SSSR count). The summed E-state index contributed by atoms with van der Waals surface area (Å²) in [7, 11) is 3.10. The molecule has 0 aliphatic rings. The van der Waals surface area contributed by atoms with Gasteiger partial charge in [0.1, 0.15) is 22.7 Å². The van der Waals surface area contributed by atoms with Crippen LogP contribution in [-0.4, -0.2) is 31.7 Å². The molecule has 1 heterocycles. The molecule has 33 heavy (non-hydrogen) atoms. The largest absolute Gasteiger partial charge is 0.497 e. The fourth-order valence-corrected chi connectivity index (χ4v) is 3.44. The maximum atomic E-state index is 12.6. The number of anilines is 1. The number of nitrogens with zero attached hydrogens (tertiary/aromatic N) is 1. The minimum absolute atomic E-state index is 0.00971. The fraction of sp³-hybridized carbons (Fsp3) is 0.160. The summed E-state index contributed by atoms with van der Waals surface area (Å²) in [6, 6.07) is 17.9. The standard InChI is InChI=1S/C25H23N3O5/c1-15(27-28-25(30)16-8-10-17(31-2)11-9-16)12-24(29)26-20-14-22-19(13-23(20)32-3)18-6-4-5-7-21(18)33-22/h4-11,13-14H,12H2,1-3H3,(H,26,29)(H,28,30)/b27-15-. The van der Waals surface area contributed by atoms with Crippen LogP contribution in [-0.2, 0) is 4.79 Å².